The second-order valence-corrected chi connectivity index (χ2v) is 6.91. The number of β-amino-alcohol motifs (C(OH)–C–C–N with tert-alkyl or cyclic N) is 1. The zero-order valence-electron chi connectivity index (χ0n) is 14.1. The molecule has 1 fully saturated rings. The number of hydrogen-bond donors (Lipinski definition) is 2. The maximum Gasteiger partial charge on any atom is 0.317 e. The fourth-order valence-electron chi connectivity index (χ4n) is 2.81. The summed E-state index contributed by atoms with van der Waals surface area (Å²) in [6.07, 6.45) is 1.03. The minimum absolute atomic E-state index is 0.0237. The molecular weight excluding hydrogens is 295 g/mol. The van der Waals surface area contributed by atoms with Gasteiger partial charge >= 0.3 is 6.03 Å². The molecule has 0 aromatic heterocycles. The summed E-state index contributed by atoms with van der Waals surface area (Å²) >= 11 is 0. The highest BCUT2D eigenvalue weighted by molar-refractivity contribution is 5.74. The summed E-state index contributed by atoms with van der Waals surface area (Å²) in [7, 11) is 0. The Balaban J connectivity index is 1.96. The number of carbonyl (C=O) groups is 1. The number of benzene rings is 1. The van der Waals surface area contributed by atoms with Gasteiger partial charge < -0.3 is 15.3 Å². The molecule has 1 aromatic rings. The van der Waals surface area contributed by atoms with Crippen LogP contribution >= 0.6 is 0 Å². The van der Waals surface area contributed by atoms with Gasteiger partial charge in [-0.05, 0) is 42.4 Å². The number of nitrogens with one attached hydrogen (secondary N) is 1. The van der Waals surface area contributed by atoms with E-state index in [2.05, 4.69) is 19.2 Å². The number of urea groups is 1. The van der Waals surface area contributed by atoms with Gasteiger partial charge in [-0.2, -0.15) is 0 Å². The smallest absolute Gasteiger partial charge is 0.317 e. The van der Waals surface area contributed by atoms with Crippen LogP contribution in [0.3, 0.4) is 0 Å². The van der Waals surface area contributed by atoms with Crippen molar-refractivity contribution in [3.05, 3.63) is 35.6 Å². The van der Waals surface area contributed by atoms with E-state index in [1.807, 2.05) is 6.92 Å². The highest BCUT2D eigenvalue weighted by Crippen LogP contribution is 2.18. The van der Waals surface area contributed by atoms with Crippen LogP contribution in [0.15, 0.2) is 24.3 Å². The molecule has 0 spiro atoms. The van der Waals surface area contributed by atoms with Crippen molar-refractivity contribution in [1.82, 2.24) is 10.2 Å². The molecule has 1 aliphatic heterocycles. The van der Waals surface area contributed by atoms with E-state index in [4.69, 9.17) is 0 Å². The van der Waals surface area contributed by atoms with Crippen molar-refractivity contribution in [3.8, 4) is 0 Å². The SMILES string of the molecule is CC(C)C(Cc1ccc(F)cc1)NC(=O)N1CCC(C)C(O)C1. The number of amides is 2. The monoisotopic (exact) mass is 322 g/mol. The normalized spacial score (nSPS) is 23.0. The molecule has 1 heterocycles. The lowest BCUT2D eigenvalue weighted by molar-refractivity contribution is 0.0426. The first kappa shape index (κ1) is 17.7. The largest absolute Gasteiger partial charge is 0.391 e. The molecule has 2 N–H and O–H groups in total. The van der Waals surface area contributed by atoms with E-state index in [9.17, 15) is 14.3 Å². The third-order valence-corrected chi connectivity index (χ3v) is 4.69. The minimum Gasteiger partial charge on any atom is -0.391 e. The van der Waals surface area contributed by atoms with E-state index < -0.39 is 6.10 Å². The summed E-state index contributed by atoms with van der Waals surface area (Å²) in [4.78, 5) is 14.1. The van der Waals surface area contributed by atoms with Gasteiger partial charge in [0.05, 0.1) is 6.10 Å². The molecule has 23 heavy (non-hydrogen) atoms. The molecule has 0 saturated carbocycles. The van der Waals surface area contributed by atoms with Gasteiger partial charge in [0.25, 0.3) is 0 Å². The van der Waals surface area contributed by atoms with Gasteiger partial charge in [0, 0.05) is 19.1 Å². The lowest BCUT2D eigenvalue weighted by Gasteiger charge is -2.35. The molecular formula is C18H27FN2O2. The topological polar surface area (TPSA) is 52.6 Å². The molecule has 2 amide bonds. The number of rotatable bonds is 4. The predicted octanol–water partition coefficient (Wildman–Crippen LogP) is 2.81. The molecule has 1 saturated heterocycles. The molecule has 1 aromatic carbocycles. The van der Waals surface area contributed by atoms with Crippen molar-refractivity contribution < 1.29 is 14.3 Å². The molecule has 2 rings (SSSR count). The Bertz CT molecular complexity index is 518. The second-order valence-electron chi connectivity index (χ2n) is 6.91. The zero-order valence-corrected chi connectivity index (χ0v) is 14.1. The number of likely N-dealkylation sites (tertiary alicyclic amines) is 1. The van der Waals surface area contributed by atoms with E-state index in [0.717, 1.165) is 12.0 Å². The van der Waals surface area contributed by atoms with Gasteiger partial charge in [-0.3, -0.25) is 0 Å². The summed E-state index contributed by atoms with van der Waals surface area (Å²) in [6.45, 7) is 7.17. The van der Waals surface area contributed by atoms with Gasteiger partial charge in [0.15, 0.2) is 0 Å². The molecule has 4 nitrogen and oxygen atoms in total. The second kappa shape index (κ2) is 7.77. The Kier molecular flexibility index (Phi) is 5.99. The number of hydrogen-bond acceptors (Lipinski definition) is 2. The van der Waals surface area contributed by atoms with Gasteiger partial charge in [-0.15, -0.1) is 0 Å². The van der Waals surface area contributed by atoms with Crippen LogP contribution in [-0.2, 0) is 6.42 Å². The van der Waals surface area contributed by atoms with Gasteiger partial charge in [0.1, 0.15) is 5.82 Å². The van der Waals surface area contributed by atoms with Crippen LogP contribution in [-0.4, -0.2) is 41.3 Å². The Hall–Kier alpha value is -1.62. The first-order chi connectivity index (χ1) is 10.9. The average molecular weight is 322 g/mol. The Morgan fingerprint density at radius 3 is 2.61 bits per heavy atom. The van der Waals surface area contributed by atoms with Crippen LogP contribution in [0.5, 0.6) is 0 Å². The summed E-state index contributed by atoms with van der Waals surface area (Å²) < 4.78 is 13.0. The van der Waals surface area contributed by atoms with E-state index >= 15 is 0 Å². The van der Waals surface area contributed by atoms with Gasteiger partial charge in [-0.1, -0.05) is 32.9 Å². The van der Waals surface area contributed by atoms with Crippen molar-refractivity contribution in [2.45, 2.75) is 45.8 Å². The number of piperidine rings is 1. The van der Waals surface area contributed by atoms with Crippen LogP contribution in [0.4, 0.5) is 9.18 Å². The maximum atomic E-state index is 13.0. The fourth-order valence-corrected chi connectivity index (χ4v) is 2.81. The van der Waals surface area contributed by atoms with Crippen LogP contribution in [0, 0.1) is 17.7 Å². The number of carbonyl (C=O) groups excluding carboxylic acids is 1. The summed E-state index contributed by atoms with van der Waals surface area (Å²) in [5.41, 5.74) is 0.998. The van der Waals surface area contributed by atoms with Crippen molar-refractivity contribution >= 4 is 6.03 Å². The van der Waals surface area contributed by atoms with Crippen molar-refractivity contribution in [3.63, 3.8) is 0 Å². The van der Waals surface area contributed by atoms with E-state index in [1.165, 1.54) is 12.1 Å². The number of nitrogens with zero attached hydrogens (tertiary/aromatic N) is 1. The quantitative estimate of drug-likeness (QED) is 0.895. The molecule has 128 valence electrons. The lowest BCUT2D eigenvalue weighted by atomic mass is 9.95. The average Bonchev–Trinajstić information content (AvgIpc) is 2.51. The van der Waals surface area contributed by atoms with Crippen LogP contribution in [0.2, 0.25) is 0 Å². The number of aliphatic hydroxyl groups is 1. The Labute approximate surface area is 137 Å². The fraction of sp³-hybridized carbons (Fsp3) is 0.611. The van der Waals surface area contributed by atoms with Crippen LogP contribution < -0.4 is 5.32 Å². The molecule has 0 aliphatic carbocycles. The first-order valence-corrected chi connectivity index (χ1v) is 8.34. The van der Waals surface area contributed by atoms with Crippen LogP contribution in [0.25, 0.3) is 0 Å². The van der Waals surface area contributed by atoms with Gasteiger partial charge in [-0.25, -0.2) is 9.18 Å². The molecule has 0 bridgehead atoms. The molecule has 3 atom stereocenters. The van der Waals surface area contributed by atoms with E-state index in [0.29, 0.717) is 19.5 Å². The van der Waals surface area contributed by atoms with Crippen molar-refractivity contribution in [2.75, 3.05) is 13.1 Å². The van der Waals surface area contributed by atoms with E-state index in [-0.39, 0.29) is 29.7 Å². The third kappa shape index (κ3) is 4.93. The van der Waals surface area contributed by atoms with Crippen molar-refractivity contribution in [1.29, 1.82) is 0 Å². The highest BCUT2D eigenvalue weighted by Gasteiger charge is 2.28. The maximum absolute atomic E-state index is 13.0. The lowest BCUT2D eigenvalue weighted by Crippen LogP contribution is -2.53. The first-order valence-electron chi connectivity index (χ1n) is 8.34. The summed E-state index contributed by atoms with van der Waals surface area (Å²) in [5, 5.41) is 13.0. The zero-order chi connectivity index (χ0) is 17.0. The Morgan fingerprint density at radius 2 is 2.04 bits per heavy atom. The van der Waals surface area contributed by atoms with Crippen molar-refractivity contribution in [2.24, 2.45) is 11.8 Å². The highest BCUT2D eigenvalue weighted by atomic mass is 19.1. The van der Waals surface area contributed by atoms with Crippen LogP contribution in [0.1, 0.15) is 32.8 Å². The molecule has 5 heteroatoms. The third-order valence-electron chi connectivity index (χ3n) is 4.69. The Morgan fingerprint density at radius 1 is 1.39 bits per heavy atom. The molecule has 3 unspecified atom stereocenters. The standard InChI is InChI=1S/C18H27FN2O2/c1-12(2)16(10-14-4-6-15(19)7-5-14)20-18(23)21-9-8-13(3)17(22)11-21/h4-7,12-13,16-17,22H,8-11H2,1-3H3,(H,20,23). The minimum atomic E-state index is -0.455. The number of aliphatic hydroxyl groups excluding tert-OH is 1. The number of halogens is 1. The summed E-state index contributed by atoms with van der Waals surface area (Å²) in [6, 6.07) is 6.24. The predicted molar refractivity (Wildman–Crippen MR) is 88.6 cm³/mol. The molecule has 0 radical (unpaired) electrons. The van der Waals surface area contributed by atoms with E-state index in [1.54, 1.807) is 17.0 Å². The summed E-state index contributed by atoms with van der Waals surface area (Å²) in [5.74, 6) is 0.243. The molecule has 1 aliphatic rings. The van der Waals surface area contributed by atoms with Gasteiger partial charge in [0.2, 0.25) is 0 Å².